The van der Waals surface area contributed by atoms with E-state index in [1.54, 1.807) is 0 Å². The average molecular weight is 793 g/mol. The third kappa shape index (κ3) is 6.04. The highest BCUT2D eigenvalue weighted by Gasteiger charge is 2.18. The summed E-state index contributed by atoms with van der Waals surface area (Å²) in [7, 11) is 0. The third-order valence-electron chi connectivity index (χ3n) is 11.8. The second-order valence-electron chi connectivity index (χ2n) is 15.5. The fraction of sp³-hybridized carbons (Fsp3) is 0. The van der Waals surface area contributed by atoms with E-state index in [2.05, 4.69) is 155 Å². The van der Waals surface area contributed by atoms with Crippen molar-refractivity contribution in [3.63, 3.8) is 0 Å². The van der Waals surface area contributed by atoms with Crippen LogP contribution in [-0.4, -0.2) is 29.1 Å². The van der Waals surface area contributed by atoms with Crippen LogP contribution < -0.4 is 0 Å². The van der Waals surface area contributed by atoms with Gasteiger partial charge in [-0.1, -0.05) is 140 Å². The van der Waals surface area contributed by atoms with Crippen LogP contribution in [0.4, 0.5) is 0 Å². The summed E-state index contributed by atoms with van der Waals surface area (Å²) >= 11 is 0. The predicted octanol–water partition coefficient (Wildman–Crippen LogP) is 13.8. The van der Waals surface area contributed by atoms with Crippen molar-refractivity contribution in [2.24, 2.45) is 0 Å². The van der Waals surface area contributed by atoms with Crippen molar-refractivity contribution in [2.45, 2.75) is 0 Å². The minimum atomic E-state index is 0.597. The Morgan fingerprint density at radius 3 is 1.35 bits per heavy atom. The maximum Gasteiger partial charge on any atom is 0.164 e. The zero-order chi connectivity index (χ0) is 41.0. The first kappa shape index (κ1) is 35.5. The number of aromatic nitrogens is 6. The maximum absolute atomic E-state index is 4.98. The van der Waals surface area contributed by atoms with Gasteiger partial charge >= 0.3 is 0 Å². The van der Waals surface area contributed by atoms with E-state index in [1.807, 2.05) is 72.9 Å². The van der Waals surface area contributed by atoms with Crippen LogP contribution in [0.2, 0.25) is 0 Å². The smallest absolute Gasteiger partial charge is 0.164 e. The molecule has 0 unspecified atom stereocenters. The van der Waals surface area contributed by atoms with Crippen LogP contribution in [-0.2, 0) is 0 Å². The fourth-order valence-electron chi connectivity index (χ4n) is 8.91. The molecule has 0 aliphatic carbocycles. The van der Waals surface area contributed by atoms with Crippen molar-refractivity contribution < 1.29 is 0 Å². The van der Waals surface area contributed by atoms with Gasteiger partial charge in [0.2, 0.25) is 0 Å². The molecule has 0 aliphatic rings. The lowest BCUT2D eigenvalue weighted by atomic mass is 10.0. The van der Waals surface area contributed by atoms with Gasteiger partial charge in [0.15, 0.2) is 17.5 Å². The molecule has 0 bridgehead atoms. The summed E-state index contributed by atoms with van der Waals surface area (Å²) in [5, 5.41) is 4.81. The quantitative estimate of drug-likeness (QED) is 0.161. The number of nitrogens with zero attached hydrogens (tertiary/aromatic N) is 6. The molecule has 0 amide bonds. The average Bonchev–Trinajstić information content (AvgIpc) is 3.87. The summed E-state index contributed by atoms with van der Waals surface area (Å²) in [6, 6.07) is 74.5. The van der Waals surface area contributed by atoms with Gasteiger partial charge in [-0.25, -0.2) is 15.0 Å². The molecule has 12 rings (SSSR count). The van der Waals surface area contributed by atoms with E-state index in [9.17, 15) is 0 Å². The van der Waals surface area contributed by atoms with Crippen LogP contribution in [0.5, 0.6) is 0 Å². The van der Waals surface area contributed by atoms with Crippen molar-refractivity contribution in [3.8, 4) is 67.9 Å². The van der Waals surface area contributed by atoms with Gasteiger partial charge < -0.3 is 9.13 Å². The molecular formula is C56H36N6. The largest absolute Gasteiger partial charge is 0.309 e. The van der Waals surface area contributed by atoms with Crippen molar-refractivity contribution in [2.75, 3.05) is 0 Å². The molecule has 0 atom stereocenters. The second kappa shape index (κ2) is 14.7. The van der Waals surface area contributed by atoms with E-state index in [0.29, 0.717) is 17.5 Å². The molecule has 0 radical (unpaired) electrons. The molecule has 6 nitrogen and oxygen atoms in total. The van der Waals surface area contributed by atoms with E-state index < -0.39 is 0 Å². The minimum Gasteiger partial charge on any atom is -0.309 e. The molecule has 0 fully saturated rings. The summed E-state index contributed by atoms with van der Waals surface area (Å²) in [5.74, 6) is 1.85. The first-order chi connectivity index (χ1) is 30.7. The fourth-order valence-corrected chi connectivity index (χ4v) is 8.91. The molecule has 4 aromatic heterocycles. The number of rotatable bonds is 7. The Bertz CT molecular complexity index is 3570. The Morgan fingerprint density at radius 2 is 0.726 bits per heavy atom. The predicted molar refractivity (Wildman–Crippen MR) is 253 cm³/mol. The van der Waals surface area contributed by atoms with Crippen molar-refractivity contribution in [1.82, 2.24) is 29.1 Å². The molecule has 0 spiro atoms. The molecule has 12 aromatic rings. The van der Waals surface area contributed by atoms with Crippen LogP contribution in [0.25, 0.3) is 112 Å². The van der Waals surface area contributed by atoms with E-state index in [1.165, 1.54) is 32.8 Å². The summed E-state index contributed by atoms with van der Waals surface area (Å²) in [6.45, 7) is 0. The number of pyridine rings is 1. The lowest BCUT2D eigenvalue weighted by molar-refractivity contribution is 1.07. The Morgan fingerprint density at radius 1 is 0.274 bits per heavy atom. The summed E-state index contributed by atoms with van der Waals surface area (Å²) in [4.78, 5) is 19.7. The lowest BCUT2D eigenvalue weighted by Gasteiger charge is -2.11. The Labute approximate surface area is 357 Å². The number of hydrogen-bond donors (Lipinski definition) is 0. The summed E-state index contributed by atoms with van der Waals surface area (Å²) in [6.07, 6.45) is 1.84. The first-order valence-corrected chi connectivity index (χ1v) is 20.8. The third-order valence-corrected chi connectivity index (χ3v) is 11.8. The standard InChI is InChI=1S/C56H36N6/c1-4-15-37(16-5-1)54-58-55(38-17-6-2-7-18-38)60-56(59-54)42-31-32-57-49(36-42)41-28-30-53-48(35-41)46-24-11-13-26-51(46)62(53)44-22-14-19-39(33-44)40-27-29-52-47(34-40)45-23-10-12-25-50(45)61(52)43-20-8-3-9-21-43/h1-36H. The Hall–Kier alpha value is -8.48. The van der Waals surface area contributed by atoms with Crippen LogP contribution in [0.1, 0.15) is 0 Å². The molecule has 0 aliphatic heterocycles. The van der Waals surface area contributed by atoms with Crippen LogP contribution in [0.15, 0.2) is 219 Å². The SMILES string of the molecule is c1ccc(-c2nc(-c3ccccc3)nc(-c3ccnc(-c4ccc5c(c4)c4ccccc4n5-c4cccc(-c5ccc6c(c5)c5ccccc5n6-c5ccccc5)c4)c3)n2)cc1. The van der Waals surface area contributed by atoms with E-state index in [-0.39, 0.29) is 0 Å². The van der Waals surface area contributed by atoms with E-state index in [4.69, 9.17) is 19.9 Å². The van der Waals surface area contributed by atoms with Crippen LogP contribution >= 0.6 is 0 Å². The van der Waals surface area contributed by atoms with Gasteiger partial charge in [0.1, 0.15) is 0 Å². The van der Waals surface area contributed by atoms with Gasteiger partial charge in [0.25, 0.3) is 0 Å². The highest BCUT2D eigenvalue weighted by atomic mass is 15.0. The number of benzene rings is 8. The first-order valence-electron chi connectivity index (χ1n) is 20.8. The van der Waals surface area contributed by atoms with Crippen molar-refractivity contribution >= 4 is 43.6 Å². The van der Waals surface area contributed by atoms with Gasteiger partial charge in [-0.15, -0.1) is 0 Å². The van der Waals surface area contributed by atoms with Crippen molar-refractivity contribution in [3.05, 3.63) is 219 Å². The van der Waals surface area contributed by atoms with E-state index >= 15 is 0 Å². The Kier molecular flexibility index (Phi) is 8.38. The zero-order valence-corrected chi connectivity index (χ0v) is 33.5. The molecule has 4 heterocycles. The normalized spacial score (nSPS) is 11.5. The van der Waals surface area contributed by atoms with Gasteiger partial charge in [-0.3, -0.25) is 4.98 Å². The number of fused-ring (bicyclic) bond motifs is 6. The summed E-state index contributed by atoms with van der Waals surface area (Å²) in [5.41, 5.74) is 13.9. The maximum atomic E-state index is 4.98. The molecule has 0 saturated heterocycles. The zero-order valence-electron chi connectivity index (χ0n) is 33.5. The highest BCUT2D eigenvalue weighted by molar-refractivity contribution is 6.12. The minimum absolute atomic E-state index is 0.597. The van der Waals surface area contributed by atoms with Crippen molar-refractivity contribution in [1.29, 1.82) is 0 Å². The van der Waals surface area contributed by atoms with E-state index in [0.717, 1.165) is 61.3 Å². The van der Waals surface area contributed by atoms with Crippen LogP contribution in [0.3, 0.4) is 0 Å². The number of hydrogen-bond acceptors (Lipinski definition) is 4. The topological polar surface area (TPSA) is 61.4 Å². The molecule has 6 heteroatoms. The van der Waals surface area contributed by atoms with Gasteiger partial charge in [0, 0.05) is 61.4 Å². The van der Waals surface area contributed by atoms with Gasteiger partial charge in [-0.2, -0.15) is 0 Å². The number of para-hydroxylation sites is 3. The molecule has 290 valence electrons. The summed E-state index contributed by atoms with van der Waals surface area (Å²) < 4.78 is 4.74. The Balaban J connectivity index is 0.946. The highest BCUT2D eigenvalue weighted by Crippen LogP contribution is 2.38. The monoisotopic (exact) mass is 792 g/mol. The van der Waals surface area contributed by atoms with Gasteiger partial charge in [-0.05, 0) is 83.9 Å². The molecule has 0 saturated carbocycles. The molecule has 8 aromatic carbocycles. The lowest BCUT2D eigenvalue weighted by Crippen LogP contribution is -2.00. The van der Waals surface area contributed by atoms with Gasteiger partial charge in [0.05, 0.1) is 27.8 Å². The molecule has 62 heavy (non-hydrogen) atoms. The molecule has 0 N–H and O–H groups in total. The second-order valence-corrected chi connectivity index (χ2v) is 15.5. The molecular weight excluding hydrogens is 757 g/mol. The van der Waals surface area contributed by atoms with Crippen LogP contribution in [0, 0.1) is 0 Å².